The van der Waals surface area contributed by atoms with E-state index in [2.05, 4.69) is 20.6 Å². The highest BCUT2D eigenvalue weighted by Crippen LogP contribution is 2.30. The Hall–Kier alpha value is -4.02. The lowest BCUT2D eigenvalue weighted by atomic mass is 10.0. The summed E-state index contributed by atoms with van der Waals surface area (Å²) in [4.78, 5) is 37.1. The van der Waals surface area contributed by atoms with Crippen LogP contribution in [-0.2, 0) is 16.1 Å². The summed E-state index contributed by atoms with van der Waals surface area (Å²) >= 11 is 0. The zero-order valence-electron chi connectivity index (χ0n) is 22.1. The first-order valence-corrected chi connectivity index (χ1v) is 13.1. The van der Waals surface area contributed by atoms with Crippen LogP contribution in [0.1, 0.15) is 47.3 Å². The topological polar surface area (TPSA) is 126 Å². The van der Waals surface area contributed by atoms with Gasteiger partial charge in [0.05, 0.1) is 25.5 Å². The second-order valence-corrected chi connectivity index (χ2v) is 9.80. The van der Waals surface area contributed by atoms with Crippen LogP contribution in [0.5, 0.6) is 5.75 Å². The van der Waals surface area contributed by atoms with Crippen LogP contribution in [0.15, 0.2) is 54.7 Å². The molecule has 10 heteroatoms. The van der Waals surface area contributed by atoms with Crippen LogP contribution in [0.2, 0.25) is 0 Å². The molecular formula is C29H33N5O5. The number of carbonyl (C=O) groups is 2. The minimum atomic E-state index is -0.734. The van der Waals surface area contributed by atoms with E-state index in [4.69, 9.17) is 9.47 Å². The van der Waals surface area contributed by atoms with Gasteiger partial charge in [-0.25, -0.2) is 9.97 Å². The number of aliphatic hydroxyl groups is 1. The summed E-state index contributed by atoms with van der Waals surface area (Å²) < 4.78 is 10.7. The molecule has 2 aliphatic rings. The second-order valence-electron chi connectivity index (χ2n) is 9.80. The predicted molar refractivity (Wildman–Crippen MR) is 145 cm³/mol. The van der Waals surface area contributed by atoms with Gasteiger partial charge in [-0.15, -0.1) is 0 Å². The maximum absolute atomic E-state index is 13.4. The van der Waals surface area contributed by atoms with Crippen molar-refractivity contribution >= 4 is 17.8 Å². The largest absolute Gasteiger partial charge is 0.497 e. The van der Waals surface area contributed by atoms with Crippen molar-refractivity contribution in [3.8, 4) is 17.0 Å². The van der Waals surface area contributed by atoms with Crippen molar-refractivity contribution in [2.75, 3.05) is 32.2 Å². The van der Waals surface area contributed by atoms with Crippen molar-refractivity contribution in [2.45, 2.75) is 44.4 Å². The van der Waals surface area contributed by atoms with E-state index in [1.54, 1.807) is 43.3 Å². The fourth-order valence-corrected chi connectivity index (χ4v) is 4.94. The van der Waals surface area contributed by atoms with Crippen LogP contribution in [0.4, 0.5) is 5.95 Å². The van der Waals surface area contributed by atoms with Crippen molar-refractivity contribution in [1.29, 1.82) is 0 Å². The summed E-state index contributed by atoms with van der Waals surface area (Å²) in [5, 5.41) is 16.2. The van der Waals surface area contributed by atoms with E-state index < -0.39 is 12.1 Å². The van der Waals surface area contributed by atoms with Crippen molar-refractivity contribution in [3.05, 3.63) is 71.4 Å². The van der Waals surface area contributed by atoms with Gasteiger partial charge in [-0.3, -0.25) is 9.59 Å². The summed E-state index contributed by atoms with van der Waals surface area (Å²) in [6.07, 6.45) is 3.51. The lowest BCUT2D eigenvalue weighted by Gasteiger charge is -2.26. The first-order chi connectivity index (χ1) is 19.0. The third kappa shape index (κ3) is 5.86. The summed E-state index contributed by atoms with van der Waals surface area (Å²) in [5.41, 5.74) is 3.63. The Balaban J connectivity index is 1.28. The fourth-order valence-electron chi connectivity index (χ4n) is 4.94. The van der Waals surface area contributed by atoms with Crippen molar-refractivity contribution in [1.82, 2.24) is 20.2 Å². The predicted octanol–water partition coefficient (Wildman–Crippen LogP) is 2.94. The maximum Gasteiger partial charge on any atom is 0.255 e. The maximum atomic E-state index is 13.4. The molecule has 1 fully saturated rings. The lowest BCUT2D eigenvalue weighted by molar-refractivity contribution is -0.126. The molecule has 3 aromatic rings. The van der Waals surface area contributed by atoms with Crippen LogP contribution < -0.4 is 15.4 Å². The Kier molecular flexibility index (Phi) is 8.04. The number of aromatic nitrogens is 2. The van der Waals surface area contributed by atoms with E-state index in [-0.39, 0.29) is 24.5 Å². The van der Waals surface area contributed by atoms with Gasteiger partial charge in [0.2, 0.25) is 11.9 Å². The first kappa shape index (κ1) is 26.6. The molecule has 2 amide bonds. The molecule has 0 radical (unpaired) electrons. The van der Waals surface area contributed by atoms with Gasteiger partial charge in [-0.1, -0.05) is 24.3 Å². The Morgan fingerprint density at radius 1 is 1.21 bits per heavy atom. The summed E-state index contributed by atoms with van der Waals surface area (Å²) in [5.74, 6) is 0.612. The molecule has 1 aromatic heterocycles. The van der Waals surface area contributed by atoms with Gasteiger partial charge in [0.15, 0.2) is 0 Å². The number of aliphatic hydroxyl groups excluding tert-OH is 1. The highest BCUT2D eigenvalue weighted by Gasteiger charge is 2.35. The zero-order chi connectivity index (χ0) is 27.4. The smallest absolute Gasteiger partial charge is 0.255 e. The number of benzene rings is 2. The molecule has 3 heterocycles. The van der Waals surface area contributed by atoms with Crippen molar-refractivity contribution in [3.63, 3.8) is 0 Å². The molecule has 204 valence electrons. The number of anilines is 1. The minimum absolute atomic E-state index is 0.217. The summed E-state index contributed by atoms with van der Waals surface area (Å²) in [6.45, 7) is 3.18. The standard InChI is InChI=1S/C29H33N5O5/c1-18(27(36)32-26(17-35)19-4-3-5-23(14-19)38-2)34-16-21-7-6-20(15-24(21)28(34)37)25-8-11-30-29(33-25)31-22-9-12-39-13-10-22/h3-8,11,14-15,18,22,26,35H,9-10,12-13,16-17H2,1-2H3,(H,32,36)(H,30,31,33)/t18-,26-/m1/s1. The van der Waals surface area contributed by atoms with Gasteiger partial charge in [0.25, 0.3) is 5.91 Å². The fraction of sp³-hybridized carbons (Fsp3) is 0.379. The van der Waals surface area contributed by atoms with Crippen LogP contribution in [0.25, 0.3) is 11.3 Å². The van der Waals surface area contributed by atoms with Gasteiger partial charge in [0.1, 0.15) is 11.8 Å². The number of ether oxygens (including phenoxy) is 2. The average molecular weight is 532 g/mol. The Labute approximate surface area is 227 Å². The number of hydrogen-bond acceptors (Lipinski definition) is 8. The monoisotopic (exact) mass is 531 g/mol. The lowest BCUT2D eigenvalue weighted by Crippen LogP contribution is -2.46. The molecule has 0 saturated carbocycles. The molecule has 39 heavy (non-hydrogen) atoms. The van der Waals surface area contributed by atoms with Gasteiger partial charge >= 0.3 is 0 Å². The number of nitrogens with one attached hydrogen (secondary N) is 2. The molecule has 0 spiro atoms. The number of fused-ring (bicyclic) bond motifs is 1. The number of nitrogens with zero attached hydrogens (tertiary/aromatic N) is 3. The molecule has 1 saturated heterocycles. The number of rotatable bonds is 9. The van der Waals surface area contributed by atoms with E-state index in [9.17, 15) is 14.7 Å². The molecule has 2 atom stereocenters. The number of methoxy groups -OCH3 is 1. The molecule has 2 aliphatic heterocycles. The minimum Gasteiger partial charge on any atom is -0.497 e. The van der Waals surface area contributed by atoms with Crippen LogP contribution in [0, 0.1) is 0 Å². The molecule has 3 N–H and O–H groups in total. The molecule has 0 bridgehead atoms. The molecule has 0 aliphatic carbocycles. The quantitative estimate of drug-likeness (QED) is 0.385. The average Bonchev–Trinajstić information content (AvgIpc) is 3.31. The molecule has 10 nitrogen and oxygen atoms in total. The van der Waals surface area contributed by atoms with E-state index in [0.717, 1.165) is 37.2 Å². The number of hydrogen-bond donors (Lipinski definition) is 3. The Morgan fingerprint density at radius 3 is 2.79 bits per heavy atom. The van der Waals surface area contributed by atoms with Gasteiger partial charge in [0, 0.05) is 43.1 Å². The first-order valence-electron chi connectivity index (χ1n) is 13.1. The highest BCUT2D eigenvalue weighted by molar-refractivity contribution is 6.02. The summed E-state index contributed by atoms with van der Waals surface area (Å²) in [7, 11) is 1.56. The normalized spacial score (nSPS) is 16.9. The van der Waals surface area contributed by atoms with E-state index in [0.29, 0.717) is 35.1 Å². The molecule has 0 unspecified atom stereocenters. The number of amides is 2. The van der Waals surface area contributed by atoms with Crippen LogP contribution in [0.3, 0.4) is 0 Å². The van der Waals surface area contributed by atoms with Crippen molar-refractivity contribution in [2.24, 2.45) is 0 Å². The van der Waals surface area contributed by atoms with Crippen LogP contribution >= 0.6 is 0 Å². The third-order valence-electron chi connectivity index (χ3n) is 7.29. The van der Waals surface area contributed by atoms with Crippen molar-refractivity contribution < 1.29 is 24.2 Å². The second kappa shape index (κ2) is 11.8. The van der Waals surface area contributed by atoms with Gasteiger partial charge < -0.3 is 30.1 Å². The van der Waals surface area contributed by atoms with E-state index >= 15 is 0 Å². The van der Waals surface area contributed by atoms with E-state index in [1.807, 2.05) is 30.3 Å². The highest BCUT2D eigenvalue weighted by atomic mass is 16.5. The third-order valence-corrected chi connectivity index (χ3v) is 7.29. The van der Waals surface area contributed by atoms with Gasteiger partial charge in [-0.05, 0) is 55.2 Å². The van der Waals surface area contributed by atoms with Crippen LogP contribution in [-0.4, -0.2) is 70.8 Å². The van der Waals surface area contributed by atoms with Gasteiger partial charge in [-0.2, -0.15) is 0 Å². The summed E-state index contributed by atoms with van der Waals surface area (Å²) in [6, 6.07) is 13.6. The molecular weight excluding hydrogens is 498 g/mol. The zero-order valence-corrected chi connectivity index (χ0v) is 22.1. The molecule has 2 aromatic carbocycles. The Bertz CT molecular complexity index is 1340. The Morgan fingerprint density at radius 2 is 2.03 bits per heavy atom. The SMILES string of the molecule is COc1cccc([C@@H](CO)NC(=O)[C@@H](C)N2Cc3ccc(-c4ccnc(NC5CCOCC5)n4)cc3C2=O)c1. The van der Waals surface area contributed by atoms with E-state index in [1.165, 1.54) is 0 Å². The number of carbonyl (C=O) groups excluding carboxylic acids is 2. The molecule has 5 rings (SSSR count).